The Kier molecular flexibility index (Phi) is 7.85. The summed E-state index contributed by atoms with van der Waals surface area (Å²) in [6.45, 7) is 1.53. The highest BCUT2D eigenvalue weighted by atomic mass is 79.9. The van der Waals surface area contributed by atoms with Crippen molar-refractivity contribution in [2.75, 3.05) is 18.2 Å². The number of carbonyl (C=O) groups is 3. The molecule has 0 radical (unpaired) electrons. The molecule has 0 saturated carbocycles. The van der Waals surface area contributed by atoms with Gasteiger partial charge in [0.15, 0.2) is 5.12 Å². The monoisotopic (exact) mass is 593 g/mol. The van der Waals surface area contributed by atoms with E-state index in [2.05, 4.69) is 43.3 Å². The Balaban J connectivity index is 1.52. The summed E-state index contributed by atoms with van der Waals surface area (Å²) in [6.07, 6.45) is 4.05. The first-order chi connectivity index (χ1) is 18.4. The van der Waals surface area contributed by atoms with Crippen LogP contribution in [0.2, 0.25) is 0 Å². The zero-order valence-electron chi connectivity index (χ0n) is 21.2. The van der Waals surface area contributed by atoms with Crippen molar-refractivity contribution in [1.82, 2.24) is 9.97 Å². The second kappa shape index (κ2) is 11.3. The molecule has 2 atom stereocenters. The van der Waals surface area contributed by atoms with Crippen molar-refractivity contribution in [2.45, 2.75) is 38.5 Å². The zero-order valence-corrected chi connectivity index (χ0v) is 23.6. The van der Waals surface area contributed by atoms with Crippen molar-refractivity contribution in [3.8, 4) is 0 Å². The third kappa shape index (κ3) is 5.35. The number of carbonyl (C=O) groups excluding carboxylic acids is 3. The number of nitrogens with zero attached hydrogens (tertiary/aromatic N) is 1. The number of halogens is 1. The maximum atomic E-state index is 13.9. The predicted octanol–water partition coefficient (Wildman–Crippen LogP) is 6.15. The van der Waals surface area contributed by atoms with E-state index in [1.54, 1.807) is 6.20 Å². The fourth-order valence-electron chi connectivity index (χ4n) is 5.39. The average molecular weight is 595 g/mol. The fourth-order valence-corrected chi connectivity index (χ4v) is 6.59. The number of anilines is 1. The zero-order chi connectivity index (χ0) is 26.8. The molecule has 0 spiro atoms. The Hall–Kier alpha value is -3.17. The molecule has 0 fully saturated rings. The first-order valence-corrected chi connectivity index (χ1v) is 14.3. The number of hydrogen-bond donors (Lipinski definition) is 2. The Morgan fingerprint density at radius 1 is 1.24 bits per heavy atom. The maximum absolute atomic E-state index is 13.9. The molecular formula is C29H28BrN3O4S. The molecule has 1 amide bonds. The van der Waals surface area contributed by atoms with Crippen molar-refractivity contribution < 1.29 is 19.1 Å². The van der Waals surface area contributed by atoms with E-state index in [9.17, 15) is 14.4 Å². The van der Waals surface area contributed by atoms with E-state index >= 15 is 0 Å². The Morgan fingerprint density at radius 3 is 2.87 bits per heavy atom. The minimum atomic E-state index is -0.402. The summed E-state index contributed by atoms with van der Waals surface area (Å²) >= 11 is 4.73. The number of benzene rings is 2. The molecule has 1 aliphatic rings. The minimum absolute atomic E-state index is 0.00958. The number of H-pyrrole nitrogens is 1. The van der Waals surface area contributed by atoms with Gasteiger partial charge in [0.2, 0.25) is 5.91 Å². The summed E-state index contributed by atoms with van der Waals surface area (Å²) in [5, 5.41) is 5.00. The van der Waals surface area contributed by atoms with Crippen LogP contribution in [0.1, 0.15) is 42.4 Å². The van der Waals surface area contributed by atoms with Gasteiger partial charge in [0.05, 0.1) is 24.1 Å². The van der Waals surface area contributed by atoms with Crippen LogP contribution in [-0.4, -0.2) is 39.8 Å². The lowest BCUT2D eigenvalue weighted by Crippen LogP contribution is -2.30. The van der Waals surface area contributed by atoms with Crippen molar-refractivity contribution >= 4 is 72.3 Å². The molecule has 4 aromatic rings. The number of esters is 1. The summed E-state index contributed by atoms with van der Waals surface area (Å²) in [6, 6.07) is 14.1. The van der Waals surface area contributed by atoms with Gasteiger partial charge in [-0.15, -0.1) is 0 Å². The summed E-state index contributed by atoms with van der Waals surface area (Å²) < 4.78 is 5.89. The van der Waals surface area contributed by atoms with Crippen LogP contribution in [0, 0.1) is 5.92 Å². The number of aromatic nitrogens is 2. The van der Waals surface area contributed by atoms with Gasteiger partial charge in [-0.05, 0) is 54.5 Å². The number of pyridine rings is 1. The summed E-state index contributed by atoms with van der Waals surface area (Å²) in [5.74, 6) is 0.0850. The van der Waals surface area contributed by atoms with Gasteiger partial charge in [-0.3, -0.25) is 19.4 Å². The third-order valence-corrected chi connectivity index (χ3v) is 8.65. The number of thioether (sulfide) groups is 1. The van der Waals surface area contributed by atoms with Gasteiger partial charge in [-0.25, -0.2) is 0 Å². The first kappa shape index (κ1) is 26.4. The molecule has 1 aliphatic carbocycles. The van der Waals surface area contributed by atoms with Crippen LogP contribution >= 0.6 is 27.7 Å². The number of amides is 1. The largest absolute Gasteiger partial charge is 0.469 e. The fraction of sp³-hybridized carbons (Fsp3) is 0.310. The average Bonchev–Trinajstić information content (AvgIpc) is 3.48. The molecule has 2 N–H and O–H groups in total. The number of aromatic amines is 1. The number of nitrogens with one attached hydrogen (secondary N) is 2. The first-order valence-electron chi connectivity index (χ1n) is 12.5. The second-order valence-corrected chi connectivity index (χ2v) is 11.6. The van der Waals surface area contributed by atoms with E-state index in [0.717, 1.165) is 50.2 Å². The topological polar surface area (TPSA) is 101 Å². The summed E-state index contributed by atoms with van der Waals surface area (Å²) in [5.41, 5.74) is 4.83. The third-order valence-electron chi connectivity index (χ3n) is 7.22. The second-order valence-electron chi connectivity index (χ2n) is 9.50. The van der Waals surface area contributed by atoms with E-state index in [1.165, 1.54) is 31.4 Å². The highest BCUT2D eigenvalue weighted by molar-refractivity contribution is 9.10. The smallest absolute Gasteiger partial charge is 0.305 e. The van der Waals surface area contributed by atoms with Gasteiger partial charge < -0.3 is 15.0 Å². The number of fused-ring (bicyclic) bond motifs is 4. The van der Waals surface area contributed by atoms with Crippen LogP contribution in [-0.2, 0) is 32.0 Å². The van der Waals surface area contributed by atoms with E-state index < -0.39 is 5.92 Å². The molecule has 0 saturated heterocycles. The molecule has 2 heterocycles. The summed E-state index contributed by atoms with van der Waals surface area (Å²) in [4.78, 5) is 45.7. The number of aryl methyl sites for hydroxylation is 2. The number of hydrogen-bond acceptors (Lipinski definition) is 6. The lowest BCUT2D eigenvalue weighted by Gasteiger charge is -2.23. The van der Waals surface area contributed by atoms with E-state index in [-0.39, 0.29) is 29.3 Å². The van der Waals surface area contributed by atoms with Crippen molar-refractivity contribution in [1.29, 1.82) is 0 Å². The Labute approximate surface area is 233 Å². The quantitative estimate of drug-likeness (QED) is 0.238. The number of ether oxygens (including phenoxy) is 1. The van der Waals surface area contributed by atoms with Crippen LogP contribution in [0.5, 0.6) is 0 Å². The molecule has 38 heavy (non-hydrogen) atoms. The molecule has 7 nitrogen and oxygen atoms in total. The SMILES string of the molecule is COC(=O)CCc1c(NC(=O)C(CSC(C)=O)C2CCc3cc(Br)ccc32)[nH]c2c1ccc1cccnc12. The van der Waals surface area contributed by atoms with Gasteiger partial charge in [0.1, 0.15) is 5.82 Å². The van der Waals surface area contributed by atoms with Crippen LogP contribution in [0.25, 0.3) is 21.8 Å². The van der Waals surface area contributed by atoms with E-state index in [1.807, 2.05) is 30.3 Å². The standard InChI is InChI=1S/C29H28BrN3O4S/c1-16(34)38-15-24(21-8-6-18-14-19(30)7-10-20(18)21)29(36)33-28-23(11-12-25(35)37-2)22-9-5-17-4-3-13-31-26(17)27(22)32-28/h3-5,7,9-10,13-14,21,24,32H,6,8,11-12,15H2,1-2H3,(H,33,36). The molecule has 0 aliphatic heterocycles. The van der Waals surface area contributed by atoms with Crippen LogP contribution < -0.4 is 5.32 Å². The van der Waals surface area contributed by atoms with Gasteiger partial charge in [0.25, 0.3) is 0 Å². The molecule has 196 valence electrons. The lowest BCUT2D eigenvalue weighted by molar-refractivity contribution is -0.140. The molecule has 5 rings (SSSR count). The van der Waals surface area contributed by atoms with E-state index in [4.69, 9.17) is 4.74 Å². The molecule has 9 heteroatoms. The van der Waals surface area contributed by atoms with Gasteiger partial charge in [-0.2, -0.15) is 0 Å². The molecule has 0 bridgehead atoms. The van der Waals surface area contributed by atoms with Crippen molar-refractivity contribution in [2.24, 2.45) is 5.92 Å². The highest BCUT2D eigenvalue weighted by Crippen LogP contribution is 2.42. The minimum Gasteiger partial charge on any atom is -0.469 e. The van der Waals surface area contributed by atoms with Crippen LogP contribution in [0.15, 0.2) is 53.1 Å². The number of methoxy groups -OCH3 is 1. The van der Waals surface area contributed by atoms with Gasteiger partial charge >= 0.3 is 5.97 Å². The summed E-state index contributed by atoms with van der Waals surface area (Å²) in [7, 11) is 1.37. The van der Waals surface area contributed by atoms with Crippen LogP contribution in [0.4, 0.5) is 5.82 Å². The maximum Gasteiger partial charge on any atom is 0.305 e. The number of rotatable bonds is 8. The van der Waals surface area contributed by atoms with Crippen molar-refractivity contribution in [3.05, 3.63) is 69.8 Å². The predicted molar refractivity (Wildman–Crippen MR) is 154 cm³/mol. The molecule has 2 unspecified atom stereocenters. The highest BCUT2D eigenvalue weighted by Gasteiger charge is 2.35. The molecular weight excluding hydrogens is 566 g/mol. The van der Waals surface area contributed by atoms with Crippen LogP contribution in [0.3, 0.4) is 0 Å². The van der Waals surface area contributed by atoms with Crippen molar-refractivity contribution in [3.63, 3.8) is 0 Å². The Bertz CT molecular complexity index is 1550. The lowest BCUT2D eigenvalue weighted by atomic mass is 9.87. The van der Waals surface area contributed by atoms with Gasteiger partial charge in [0, 0.05) is 46.1 Å². The van der Waals surface area contributed by atoms with Gasteiger partial charge in [-0.1, -0.05) is 52.0 Å². The molecule has 2 aromatic carbocycles. The van der Waals surface area contributed by atoms with E-state index in [0.29, 0.717) is 18.0 Å². The normalized spacial score (nSPS) is 15.4. The Morgan fingerprint density at radius 2 is 2.08 bits per heavy atom. The molecule has 2 aromatic heterocycles.